The van der Waals surface area contributed by atoms with Gasteiger partial charge < -0.3 is 20.1 Å². The number of anilines is 1. The summed E-state index contributed by atoms with van der Waals surface area (Å²) in [5, 5.41) is 14.9. The lowest BCUT2D eigenvalue weighted by Crippen LogP contribution is -2.18. The lowest BCUT2D eigenvalue weighted by atomic mass is 10.2. The summed E-state index contributed by atoms with van der Waals surface area (Å²) in [6.07, 6.45) is 2.41. The van der Waals surface area contributed by atoms with Crippen molar-refractivity contribution in [3.8, 4) is 17.6 Å². The van der Waals surface area contributed by atoms with Gasteiger partial charge in [0.25, 0.3) is 5.91 Å². The Balaban J connectivity index is 1.83. The lowest BCUT2D eigenvalue weighted by Gasteiger charge is -2.08. The minimum Gasteiger partial charge on any atom is -0.457 e. The van der Waals surface area contributed by atoms with Gasteiger partial charge >= 0.3 is 0 Å². The number of carbonyl (C=O) groups excluding carboxylic acids is 1. The van der Waals surface area contributed by atoms with Crippen molar-refractivity contribution in [1.29, 1.82) is 5.26 Å². The molecule has 0 bridgehead atoms. The van der Waals surface area contributed by atoms with E-state index in [-0.39, 0.29) is 11.7 Å². The highest BCUT2D eigenvalue weighted by Gasteiger charge is 2.09. The Hall–Kier alpha value is -3.30. The fourth-order valence-electron chi connectivity index (χ4n) is 2.25. The first-order valence-corrected chi connectivity index (χ1v) is 9.18. The van der Waals surface area contributed by atoms with Gasteiger partial charge in [0.05, 0.1) is 6.10 Å². The summed E-state index contributed by atoms with van der Waals surface area (Å²) < 4.78 is 11.1. The van der Waals surface area contributed by atoms with Crippen molar-refractivity contribution in [2.45, 2.75) is 26.4 Å². The molecular weight excluding hydrogens is 354 g/mol. The third kappa shape index (κ3) is 7.52. The summed E-state index contributed by atoms with van der Waals surface area (Å²) in [5.41, 5.74) is 0.589. The second-order valence-corrected chi connectivity index (χ2v) is 6.29. The van der Waals surface area contributed by atoms with Crippen molar-refractivity contribution < 1.29 is 14.3 Å². The summed E-state index contributed by atoms with van der Waals surface area (Å²) >= 11 is 0. The summed E-state index contributed by atoms with van der Waals surface area (Å²) in [7, 11) is 0. The van der Waals surface area contributed by atoms with Crippen LogP contribution in [0.15, 0.2) is 66.4 Å². The first kappa shape index (κ1) is 21.0. The molecule has 0 atom stereocenters. The summed E-state index contributed by atoms with van der Waals surface area (Å²) in [4.78, 5) is 12.2. The minimum absolute atomic E-state index is 0.00869. The van der Waals surface area contributed by atoms with Crippen molar-refractivity contribution in [2.75, 3.05) is 18.5 Å². The molecule has 0 saturated heterocycles. The monoisotopic (exact) mass is 379 g/mol. The number of hydrogen-bond donors (Lipinski definition) is 2. The molecule has 0 aliphatic carbocycles. The zero-order valence-corrected chi connectivity index (χ0v) is 16.1. The molecule has 2 aromatic rings. The van der Waals surface area contributed by atoms with Crippen molar-refractivity contribution in [3.05, 3.63) is 66.4 Å². The molecule has 6 nitrogen and oxygen atoms in total. The number of nitrogens with zero attached hydrogens (tertiary/aromatic N) is 1. The predicted octanol–water partition coefficient (Wildman–Crippen LogP) is 4.23. The number of para-hydroxylation sites is 1. The molecule has 2 aromatic carbocycles. The third-order valence-corrected chi connectivity index (χ3v) is 3.62. The van der Waals surface area contributed by atoms with Crippen LogP contribution >= 0.6 is 0 Å². The van der Waals surface area contributed by atoms with E-state index >= 15 is 0 Å². The number of ether oxygens (including phenoxy) is 2. The van der Waals surface area contributed by atoms with E-state index in [9.17, 15) is 10.1 Å². The summed E-state index contributed by atoms with van der Waals surface area (Å²) in [6.45, 7) is 5.21. The second-order valence-electron chi connectivity index (χ2n) is 6.29. The zero-order chi connectivity index (χ0) is 20.2. The number of rotatable bonds is 10. The van der Waals surface area contributed by atoms with Crippen LogP contribution in [0.2, 0.25) is 0 Å². The molecule has 0 aliphatic rings. The first-order valence-electron chi connectivity index (χ1n) is 9.18. The Morgan fingerprint density at radius 1 is 1.11 bits per heavy atom. The van der Waals surface area contributed by atoms with Crippen LogP contribution in [0.3, 0.4) is 0 Å². The standard InChI is InChI=1S/C22H25N3O3/c1-17(2)27-14-6-13-24-16-18(15-23)22(26)25-19-9-11-21(12-10-19)28-20-7-4-3-5-8-20/h3-5,7-12,16-17,24H,6,13-14H2,1-2H3,(H,25,26)/b18-16-. The van der Waals surface area contributed by atoms with Crippen LogP contribution in [0.1, 0.15) is 20.3 Å². The highest BCUT2D eigenvalue weighted by molar-refractivity contribution is 6.06. The molecule has 0 heterocycles. The van der Waals surface area contributed by atoms with E-state index in [2.05, 4.69) is 10.6 Å². The van der Waals surface area contributed by atoms with E-state index in [1.54, 1.807) is 24.3 Å². The van der Waals surface area contributed by atoms with Gasteiger partial charge in [0.2, 0.25) is 0 Å². The third-order valence-electron chi connectivity index (χ3n) is 3.62. The predicted molar refractivity (Wildman–Crippen MR) is 109 cm³/mol. The quantitative estimate of drug-likeness (QED) is 0.367. The van der Waals surface area contributed by atoms with Gasteiger partial charge in [-0.2, -0.15) is 5.26 Å². The van der Waals surface area contributed by atoms with Gasteiger partial charge in [-0.15, -0.1) is 0 Å². The number of nitriles is 1. The normalized spacial score (nSPS) is 11.0. The van der Waals surface area contributed by atoms with Gasteiger partial charge in [0, 0.05) is 25.0 Å². The molecule has 0 unspecified atom stereocenters. The van der Waals surface area contributed by atoms with Gasteiger partial charge in [-0.1, -0.05) is 18.2 Å². The molecule has 0 aliphatic heterocycles. The van der Waals surface area contributed by atoms with Crippen LogP contribution in [-0.2, 0) is 9.53 Å². The van der Waals surface area contributed by atoms with Crippen molar-refractivity contribution in [2.24, 2.45) is 0 Å². The van der Waals surface area contributed by atoms with Crippen LogP contribution in [-0.4, -0.2) is 25.2 Å². The van der Waals surface area contributed by atoms with E-state index < -0.39 is 5.91 Å². The Morgan fingerprint density at radius 2 is 1.79 bits per heavy atom. The van der Waals surface area contributed by atoms with Gasteiger partial charge in [0.15, 0.2) is 0 Å². The van der Waals surface area contributed by atoms with E-state index in [0.29, 0.717) is 24.6 Å². The van der Waals surface area contributed by atoms with Crippen LogP contribution in [0.4, 0.5) is 5.69 Å². The highest BCUT2D eigenvalue weighted by atomic mass is 16.5. The van der Waals surface area contributed by atoms with E-state index in [4.69, 9.17) is 9.47 Å². The lowest BCUT2D eigenvalue weighted by molar-refractivity contribution is -0.112. The van der Waals surface area contributed by atoms with Crippen molar-refractivity contribution in [3.63, 3.8) is 0 Å². The number of carbonyl (C=O) groups is 1. The Morgan fingerprint density at radius 3 is 2.43 bits per heavy atom. The van der Waals surface area contributed by atoms with Crippen LogP contribution in [0.25, 0.3) is 0 Å². The SMILES string of the molecule is CC(C)OCCCN/C=C(/C#N)C(=O)Nc1ccc(Oc2ccccc2)cc1. The fourth-order valence-corrected chi connectivity index (χ4v) is 2.25. The fraction of sp³-hybridized carbons (Fsp3) is 0.273. The molecule has 0 radical (unpaired) electrons. The largest absolute Gasteiger partial charge is 0.457 e. The Bertz CT molecular complexity index is 809. The number of nitrogens with one attached hydrogen (secondary N) is 2. The van der Waals surface area contributed by atoms with Crippen molar-refractivity contribution >= 4 is 11.6 Å². The van der Waals surface area contributed by atoms with Gasteiger partial charge in [-0.25, -0.2) is 0 Å². The molecule has 28 heavy (non-hydrogen) atoms. The maximum absolute atomic E-state index is 12.2. The van der Waals surface area contributed by atoms with E-state index in [0.717, 1.165) is 12.2 Å². The molecule has 0 fully saturated rings. The molecule has 2 N–H and O–H groups in total. The van der Waals surface area contributed by atoms with E-state index in [1.807, 2.05) is 50.2 Å². The van der Waals surface area contributed by atoms with Gasteiger partial charge in [-0.3, -0.25) is 4.79 Å². The van der Waals surface area contributed by atoms with Gasteiger partial charge in [-0.05, 0) is 56.7 Å². The topological polar surface area (TPSA) is 83.4 Å². The molecule has 0 saturated carbocycles. The molecule has 0 aromatic heterocycles. The van der Waals surface area contributed by atoms with E-state index in [1.165, 1.54) is 6.20 Å². The molecule has 146 valence electrons. The summed E-state index contributed by atoms with van der Waals surface area (Å²) in [5.74, 6) is 0.926. The van der Waals surface area contributed by atoms with Gasteiger partial charge in [0.1, 0.15) is 23.1 Å². The average Bonchev–Trinajstić information content (AvgIpc) is 2.69. The Kier molecular flexibility index (Phi) is 8.57. The molecule has 1 amide bonds. The maximum atomic E-state index is 12.2. The van der Waals surface area contributed by atoms with Crippen LogP contribution < -0.4 is 15.4 Å². The molecule has 0 spiro atoms. The van der Waals surface area contributed by atoms with Crippen LogP contribution in [0, 0.1) is 11.3 Å². The second kappa shape index (κ2) is 11.4. The Labute approximate surface area is 165 Å². The molecule has 6 heteroatoms. The molecular formula is C22H25N3O3. The zero-order valence-electron chi connectivity index (χ0n) is 16.1. The highest BCUT2D eigenvalue weighted by Crippen LogP contribution is 2.22. The van der Waals surface area contributed by atoms with Crippen LogP contribution in [0.5, 0.6) is 11.5 Å². The van der Waals surface area contributed by atoms with Crippen molar-refractivity contribution in [1.82, 2.24) is 5.32 Å². The minimum atomic E-state index is -0.467. The first-order chi connectivity index (χ1) is 13.6. The number of amides is 1. The summed E-state index contributed by atoms with van der Waals surface area (Å²) in [6, 6.07) is 18.3. The smallest absolute Gasteiger partial charge is 0.267 e. The number of benzene rings is 2. The molecule has 2 rings (SSSR count). The number of hydrogen-bond acceptors (Lipinski definition) is 5. The maximum Gasteiger partial charge on any atom is 0.267 e. The average molecular weight is 379 g/mol.